The summed E-state index contributed by atoms with van der Waals surface area (Å²) in [5.41, 5.74) is 6.04. The number of carbonyl (C=O) groups excluding carboxylic acids is 1. The van der Waals surface area contributed by atoms with Crippen LogP contribution in [0.25, 0.3) is 5.69 Å². The maximum Gasteiger partial charge on any atom is 0.340 e. The fourth-order valence-corrected chi connectivity index (χ4v) is 1.35. The van der Waals surface area contributed by atoms with Crippen molar-refractivity contribution in [2.45, 2.75) is 0 Å². The zero-order chi connectivity index (χ0) is 13.1. The second-order valence-corrected chi connectivity index (χ2v) is 3.24. The van der Waals surface area contributed by atoms with Crippen LogP contribution in [0.5, 0.6) is 0 Å². The average Bonchev–Trinajstić information content (AvgIpc) is 2.86. The van der Waals surface area contributed by atoms with E-state index in [4.69, 9.17) is 11.0 Å². The Hall–Kier alpha value is -2.95. The van der Waals surface area contributed by atoms with Crippen LogP contribution in [0.2, 0.25) is 0 Å². The van der Waals surface area contributed by atoms with Gasteiger partial charge in [-0.2, -0.15) is 5.26 Å². The molecule has 0 aliphatic rings. The largest absolute Gasteiger partial charge is 0.465 e. The van der Waals surface area contributed by atoms with Gasteiger partial charge in [0.05, 0.1) is 24.6 Å². The molecule has 8 heteroatoms. The van der Waals surface area contributed by atoms with E-state index in [1.165, 1.54) is 30.4 Å². The van der Waals surface area contributed by atoms with Crippen molar-refractivity contribution in [2.24, 2.45) is 0 Å². The number of nitrogens with zero attached hydrogens (tertiary/aromatic N) is 5. The number of nitrogen functional groups attached to an aromatic ring is 1. The van der Waals surface area contributed by atoms with E-state index in [2.05, 4.69) is 19.8 Å². The predicted octanol–water partition coefficient (Wildman–Crippen LogP) is -0.0972. The van der Waals surface area contributed by atoms with Crippen molar-refractivity contribution < 1.29 is 9.53 Å². The summed E-state index contributed by atoms with van der Waals surface area (Å²) in [6.45, 7) is 0. The van der Waals surface area contributed by atoms with Crippen LogP contribution in [-0.4, -0.2) is 32.8 Å². The third kappa shape index (κ3) is 1.97. The second-order valence-electron chi connectivity index (χ2n) is 3.24. The molecule has 0 aromatic carbocycles. The first-order valence-electron chi connectivity index (χ1n) is 4.81. The molecule has 0 atom stereocenters. The molecule has 18 heavy (non-hydrogen) atoms. The Morgan fingerprint density at radius 3 is 2.94 bits per heavy atom. The molecule has 0 saturated carbocycles. The van der Waals surface area contributed by atoms with E-state index >= 15 is 0 Å². The van der Waals surface area contributed by atoms with E-state index in [0.29, 0.717) is 5.69 Å². The number of methoxy groups -OCH3 is 1. The van der Waals surface area contributed by atoms with Gasteiger partial charge >= 0.3 is 5.97 Å². The van der Waals surface area contributed by atoms with Crippen molar-refractivity contribution in [2.75, 3.05) is 12.8 Å². The van der Waals surface area contributed by atoms with Crippen molar-refractivity contribution in [3.8, 4) is 11.8 Å². The minimum Gasteiger partial charge on any atom is -0.465 e. The van der Waals surface area contributed by atoms with E-state index in [0.717, 1.165) is 0 Å². The number of pyridine rings is 1. The number of ether oxygens (including phenoxy) is 1. The van der Waals surface area contributed by atoms with Crippen LogP contribution in [0.1, 0.15) is 16.2 Å². The van der Waals surface area contributed by atoms with Crippen LogP contribution in [0, 0.1) is 11.3 Å². The van der Waals surface area contributed by atoms with Crippen molar-refractivity contribution >= 4 is 11.8 Å². The molecule has 90 valence electrons. The summed E-state index contributed by atoms with van der Waals surface area (Å²) in [6, 6.07) is 3.16. The Bertz CT molecular complexity index is 642. The molecule has 2 rings (SSSR count). The Balaban J connectivity index is 2.56. The minimum absolute atomic E-state index is 0.0114. The van der Waals surface area contributed by atoms with E-state index in [1.54, 1.807) is 6.07 Å². The highest BCUT2D eigenvalue weighted by molar-refractivity contribution is 5.93. The van der Waals surface area contributed by atoms with E-state index in [9.17, 15) is 4.79 Å². The van der Waals surface area contributed by atoms with Gasteiger partial charge in [0, 0.05) is 0 Å². The van der Waals surface area contributed by atoms with Gasteiger partial charge in [0.1, 0.15) is 18.2 Å². The first-order valence-corrected chi connectivity index (χ1v) is 4.81. The summed E-state index contributed by atoms with van der Waals surface area (Å²) >= 11 is 0. The van der Waals surface area contributed by atoms with Gasteiger partial charge in [0.15, 0.2) is 0 Å². The Morgan fingerprint density at radius 1 is 1.56 bits per heavy atom. The number of rotatable bonds is 2. The number of anilines is 1. The van der Waals surface area contributed by atoms with Crippen LogP contribution in [0.15, 0.2) is 18.6 Å². The van der Waals surface area contributed by atoms with Gasteiger partial charge in [-0.3, -0.25) is 0 Å². The maximum atomic E-state index is 11.6. The molecular formula is C10H8N6O2. The molecule has 8 nitrogen and oxygen atoms in total. The monoisotopic (exact) mass is 244 g/mol. The highest BCUT2D eigenvalue weighted by Crippen LogP contribution is 2.15. The van der Waals surface area contributed by atoms with Gasteiger partial charge in [0.2, 0.25) is 0 Å². The Kier molecular flexibility index (Phi) is 2.89. The van der Waals surface area contributed by atoms with Gasteiger partial charge in [0.25, 0.3) is 5.82 Å². The lowest BCUT2D eigenvalue weighted by Crippen LogP contribution is -2.10. The number of carbonyl (C=O) groups is 1. The van der Waals surface area contributed by atoms with Gasteiger partial charge in [-0.1, -0.05) is 0 Å². The molecule has 0 aliphatic carbocycles. The smallest absolute Gasteiger partial charge is 0.340 e. The van der Waals surface area contributed by atoms with Crippen molar-refractivity contribution in [3.05, 3.63) is 30.0 Å². The van der Waals surface area contributed by atoms with Gasteiger partial charge in [-0.05, 0) is 6.07 Å². The maximum absolute atomic E-state index is 11.6. The van der Waals surface area contributed by atoms with Gasteiger partial charge < -0.3 is 10.5 Å². The quantitative estimate of drug-likeness (QED) is 0.732. The fourth-order valence-electron chi connectivity index (χ4n) is 1.35. The minimum atomic E-state index is -0.576. The summed E-state index contributed by atoms with van der Waals surface area (Å²) in [6.07, 6.45) is 2.66. The van der Waals surface area contributed by atoms with E-state index in [1.807, 2.05) is 0 Å². The van der Waals surface area contributed by atoms with E-state index < -0.39 is 5.97 Å². The molecule has 2 aromatic rings. The molecule has 0 aliphatic heterocycles. The molecule has 0 bridgehead atoms. The predicted molar refractivity (Wildman–Crippen MR) is 59.6 cm³/mol. The van der Waals surface area contributed by atoms with Crippen LogP contribution < -0.4 is 5.73 Å². The molecular weight excluding hydrogens is 236 g/mol. The molecule has 2 N–H and O–H groups in total. The van der Waals surface area contributed by atoms with Crippen LogP contribution in [0.3, 0.4) is 0 Å². The molecule has 0 spiro atoms. The third-order valence-electron chi connectivity index (χ3n) is 2.15. The number of esters is 1. The Morgan fingerprint density at radius 2 is 2.33 bits per heavy atom. The van der Waals surface area contributed by atoms with Gasteiger partial charge in [-0.25, -0.2) is 19.4 Å². The molecule has 0 radical (unpaired) electrons. The van der Waals surface area contributed by atoms with Crippen molar-refractivity contribution in [1.29, 1.82) is 5.26 Å². The van der Waals surface area contributed by atoms with Gasteiger partial charge in [-0.15, -0.1) is 5.10 Å². The highest BCUT2D eigenvalue weighted by Gasteiger charge is 2.15. The standard InChI is InChI=1S/C10H8N6O2/c1-18-10(17)6-2-8(12)13-4-7(6)16-5-14-9(3-11)15-16/h2,4-5H,1H3,(H2,12,13). The lowest BCUT2D eigenvalue weighted by molar-refractivity contribution is 0.0600. The van der Waals surface area contributed by atoms with E-state index in [-0.39, 0.29) is 17.2 Å². The molecule has 0 fully saturated rings. The van der Waals surface area contributed by atoms with Crippen LogP contribution in [0.4, 0.5) is 5.82 Å². The lowest BCUT2D eigenvalue weighted by Gasteiger charge is -2.07. The zero-order valence-corrected chi connectivity index (χ0v) is 9.36. The van der Waals surface area contributed by atoms with Crippen LogP contribution in [-0.2, 0) is 4.74 Å². The average molecular weight is 244 g/mol. The highest BCUT2D eigenvalue weighted by atomic mass is 16.5. The number of nitrogens with two attached hydrogens (primary N) is 1. The van der Waals surface area contributed by atoms with Crippen molar-refractivity contribution in [3.63, 3.8) is 0 Å². The number of hydrogen-bond donors (Lipinski definition) is 1. The first-order chi connectivity index (χ1) is 8.65. The molecule has 0 amide bonds. The topological polar surface area (TPSA) is 120 Å². The van der Waals surface area contributed by atoms with Crippen LogP contribution >= 0.6 is 0 Å². The SMILES string of the molecule is COC(=O)c1cc(N)ncc1-n1cnc(C#N)n1. The third-order valence-corrected chi connectivity index (χ3v) is 2.15. The number of aromatic nitrogens is 4. The fraction of sp³-hybridized carbons (Fsp3) is 0.100. The normalized spacial score (nSPS) is 9.78. The number of nitriles is 1. The summed E-state index contributed by atoms with van der Waals surface area (Å²) in [4.78, 5) is 19.2. The molecule has 0 unspecified atom stereocenters. The summed E-state index contributed by atoms with van der Waals surface area (Å²) in [7, 11) is 1.25. The summed E-state index contributed by atoms with van der Waals surface area (Å²) in [5, 5.41) is 12.5. The molecule has 2 heterocycles. The molecule has 0 saturated heterocycles. The summed E-state index contributed by atoms with van der Waals surface area (Å²) in [5.74, 6) is -0.407. The first kappa shape index (κ1) is 11.5. The second kappa shape index (κ2) is 4.50. The Labute approximate surface area is 102 Å². The lowest BCUT2D eigenvalue weighted by atomic mass is 10.2. The zero-order valence-electron chi connectivity index (χ0n) is 9.36. The number of hydrogen-bond acceptors (Lipinski definition) is 7. The van der Waals surface area contributed by atoms with Crippen molar-refractivity contribution in [1.82, 2.24) is 19.7 Å². The summed E-state index contributed by atoms with van der Waals surface area (Å²) < 4.78 is 5.90. The molecule has 2 aromatic heterocycles.